The molecule has 2 aromatic carbocycles. The van der Waals surface area contributed by atoms with Crippen LogP contribution in [-0.4, -0.2) is 23.4 Å². The Kier molecular flexibility index (Phi) is 5.06. The zero-order valence-electron chi connectivity index (χ0n) is 13.4. The molecule has 0 saturated carbocycles. The van der Waals surface area contributed by atoms with Gasteiger partial charge in [0, 0.05) is 5.56 Å². The number of ether oxygens (including phenoxy) is 2. The molecule has 1 aliphatic rings. The lowest BCUT2D eigenvalue weighted by atomic mass is 10.0. The number of hydrogen-bond donors (Lipinski definition) is 1. The first-order valence-electron chi connectivity index (χ1n) is 7.69. The molecule has 0 bridgehead atoms. The number of rotatable bonds is 5. The average Bonchev–Trinajstić information content (AvgIpc) is 2.88. The lowest BCUT2D eigenvalue weighted by Crippen LogP contribution is -2.17. The van der Waals surface area contributed by atoms with Crippen LogP contribution < -0.4 is 14.8 Å². The molecule has 1 heterocycles. The third kappa shape index (κ3) is 3.39. The Balaban J connectivity index is 2.19. The summed E-state index contributed by atoms with van der Waals surface area (Å²) in [7, 11) is 0. The Morgan fingerprint density at radius 1 is 1.17 bits per heavy atom. The molecule has 1 N–H and O–H groups in total. The van der Waals surface area contributed by atoms with Crippen LogP contribution in [0.5, 0.6) is 11.5 Å². The van der Waals surface area contributed by atoms with Gasteiger partial charge in [-0.15, -0.1) is 0 Å². The largest absolute Gasteiger partial charge is 0.494 e. The Morgan fingerprint density at radius 2 is 1.92 bits per heavy atom. The van der Waals surface area contributed by atoms with E-state index in [2.05, 4.69) is 5.32 Å². The summed E-state index contributed by atoms with van der Waals surface area (Å²) in [5, 5.41) is 4.67. The number of carbonyl (C=O) groups excluding carboxylic acids is 1. The van der Waals surface area contributed by atoms with Gasteiger partial charge in [-0.05, 0) is 48.9 Å². The molecular formula is C18H17NO3S2. The van der Waals surface area contributed by atoms with E-state index in [-0.39, 0.29) is 5.91 Å². The van der Waals surface area contributed by atoms with Crippen molar-refractivity contribution in [3.63, 3.8) is 0 Å². The number of hydrogen-bond acceptors (Lipinski definition) is 5. The van der Waals surface area contributed by atoms with Gasteiger partial charge in [-0.2, -0.15) is 0 Å². The van der Waals surface area contributed by atoms with E-state index in [0.29, 0.717) is 22.4 Å². The van der Waals surface area contributed by atoms with Gasteiger partial charge in [0.1, 0.15) is 15.8 Å². The van der Waals surface area contributed by atoms with Crippen LogP contribution >= 0.6 is 24.0 Å². The molecule has 0 radical (unpaired) electrons. The number of benzene rings is 2. The molecule has 1 amide bonds. The van der Waals surface area contributed by atoms with Gasteiger partial charge >= 0.3 is 0 Å². The molecule has 1 saturated heterocycles. The Morgan fingerprint density at radius 3 is 2.58 bits per heavy atom. The molecule has 124 valence electrons. The van der Waals surface area contributed by atoms with Crippen molar-refractivity contribution in [3.8, 4) is 11.5 Å². The second-order valence-electron chi connectivity index (χ2n) is 5.08. The van der Waals surface area contributed by atoms with E-state index < -0.39 is 0 Å². The fourth-order valence-electron chi connectivity index (χ4n) is 2.54. The molecule has 0 spiro atoms. The predicted molar refractivity (Wildman–Crippen MR) is 103 cm³/mol. The minimum absolute atomic E-state index is 0.176. The fraction of sp³-hybridized carbons (Fsp3) is 0.222. The maximum Gasteiger partial charge on any atom is 0.263 e. The summed E-state index contributed by atoms with van der Waals surface area (Å²) in [5.41, 5.74) is 0.859. The van der Waals surface area contributed by atoms with Crippen molar-refractivity contribution in [1.82, 2.24) is 5.32 Å². The Labute approximate surface area is 150 Å². The summed E-state index contributed by atoms with van der Waals surface area (Å²) < 4.78 is 11.8. The maximum atomic E-state index is 12.0. The highest BCUT2D eigenvalue weighted by atomic mass is 32.2. The van der Waals surface area contributed by atoms with Gasteiger partial charge in [-0.1, -0.05) is 36.1 Å². The van der Waals surface area contributed by atoms with Crippen molar-refractivity contribution < 1.29 is 14.3 Å². The van der Waals surface area contributed by atoms with Crippen molar-refractivity contribution in [2.24, 2.45) is 0 Å². The molecule has 0 unspecified atom stereocenters. The van der Waals surface area contributed by atoms with Gasteiger partial charge in [-0.25, -0.2) is 0 Å². The molecule has 6 heteroatoms. The summed E-state index contributed by atoms with van der Waals surface area (Å²) >= 11 is 6.33. The summed E-state index contributed by atoms with van der Waals surface area (Å²) in [5.74, 6) is 1.35. The van der Waals surface area contributed by atoms with Crippen LogP contribution in [0.1, 0.15) is 19.4 Å². The molecule has 3 rings (SSSR count). The normalized spacial score (nSPS) is 15.8. The zero-order chi connectivity index (χ0) is 17.1. The summed E-state index contributed by atoms with van der Waals surface area (Å²) in [4.78, 5) is 12.6. The Bertz CT molecular complexity index is 840. The van der Waals surface area contributed by atoms with Crippen LogP contribution in [-0.2, 0) is 4.79 Å². The van der Waals surface area contributed by atoms with Crippen molar-refractivity contribution in [1.29, 1.82) is 0 Å². The number of thiocarbonyl (C=S) groups is 1. The highest BCUT2D eigenvalue weighted by Gasteiger charge is 2.23. The standard InChI is InChI=1S/C18H17NO3S2/c1-3-21-12-7-5-11-6-8-15(22-4-2)14(13(11)9-12)10-16-17(20)19-18(23)24-16/h5-10H,3-4H2,1-2H3,(H,19,20,23)/b16-10-. The fourth-order valence-corrected chi connectivity index (χ4v) is 3.57. The van der Waals surface area contributed by atoms with E-state index in [1.165, 1.54) is 11.8 Å². The van der Waals surface area contributed by atoms with E-state index in [1.807, 2.05) is 50.3 Å². The van der Waals surface area contributed by atoms with Gasteiger partial charge in [0.05, 0.1) is 18.1 Å². The third-order valence-electron chi connectivity index (χ3n) is 3.52. The van der Waals surface area contributed by atoms with Crippen molar-refractivity contribution in [2.75, 3.05) is 13.2 Å². The van der Waals surface area contributed by atoms with E-state index >= 15 is 0 Å². The number of thioether (sulfide) groups is 1. The van der Waals surface area contributed by atoms with Gasteiger partial charge in [-0.3, -0.25) is 4.79 Å². The summed E-state index contributed by atoms with van der Waals surface area (Å²) in [6, 6.07) is 9.85. The molecule has 2 aromatic rings. The number of amides is 1. The summed E-state index contributed by atoms with van der Waals surface area (Å²) in [6.45, 7) is 5.03. The van der Waals surface area contributed by atoms with Gasteiger partial charge in [0.2, 0.25) is 0 Å². The van der Waals surface area contributed by atoms with Crippen LogP contribution in [0.4, 0.5) is 0 Å². The predicted octanol–water partition coefficient (Wildman–Crippen LogP) is 4.13. The minimum Gasteiger partial charge on any atom is -0.494 e. The SMILES string of the molecule is CCOc1ccc2ccc(OCC)c(/C=C3\SC(=S)NC3=O)c2c1. The molecule has 24 heavy (non-hydrogen) atoms. The topological polar surface area (TPSA) is 47.6 Å². The highest BCUT2D eigenvalue weighted by molar-refractivity contribution is 8.26. The first kappa shape index (κ1) is 16.8. The molecule has 0 aliphatic carbocycles. The lowest BCUT2D eigenvalue weighted by Gasteiger charge is -2.12. The van der Waals surface area contributed by atoms with Gasteiger partial charge in [0.25, 0.3) is 5.91 Å². The van der Waals surface area contributed by atoms with E-state index in [9.17, 15) is 4.79 Å². The van der Waals surface area contributed by atoms with Gasteiger partial charge < -0.3 is 14.8 Å². The smallest absolute Gasteiger partial charge is 0.263 e. The second kappa shape index (κ2) is 7.23. The quantitative estimate of drug-likeness (QED) is 0.643. The van der Waals surface area contributed by atoms with Gasteiger partial charge in [0.15, 0.2) is 0 Å². The number of fused-ring (bicyclic) bond motifs is 1. The summed E-state index contributed by atoms with van der Waals surface area (Å²) in [6.07, 6.45) is 1.84. The second-order valence-corrected chi connectivity index (χ2v) is 6.80. The van der Waals surface area contributed by atoms with E-state index in [1.54, 1.807) is 0 Å². The number of carbonyl (C=O) groups is 1. The average molecular weight is 359 g/mol. The van der Waals surface area contributed by atoms with Crippen LogP contribution in [0.2, 0.25) is 0 Å². The van der Waals surface area contributed by atoms with E-state index in [4.69, 9.17) is 21.7 Å². The van der Waals surface area contributed by atoms with Crippen LogP contribution in [0, 0.1) is 0 Å². The molecule has 1 fully saturated rings. The Hall–Kier alpha value is -2.05. The molecule has 0 aromatic heterocycles. The van der Waals surface area contributed by atoms with Crippen molar-refractivity contribution in [2.45, 2.75) is 13.8 Å². The minimum atomic E-state index is -0.176. The first-order chi connectivity index (χ1) is 11.6. The van der Waals surface area contributed by atoms with Crippen LogP contribution in [0.15, 0.2) is 35.2 Å². The van der Waals surface area contributed by atoms with Crippen molar-refractivity contribution >= 4 is 51.1 Å². The van der Waals surface area contributed by atoms with Crippen LogP contribution in [0.3, 0.4) is 0 Å². The highest BCUT2D eigenvalue weighted by Crippen LogP contribution is 2.35. The zero-order valence-corrected chi connectivity index (χ0v) is 15.1. The first-order valence-corrected chi connectivity index (χ1v) is 8.92. The molecular weight excluding hydrogens is 342 g/mol. The lowest BCUT2D eigenvalue weighted by molar-refractivity contribution is -0.115. The monoisotopic (exact) mass is 359 g/mol. The number of nitrogens with one attached hydrogen (secondary N) is 1. The van der Waals surface area contributed by atoms with Crippen molar-refractivity contribution in [3.05, 3.63) is 40.8 Å². The molecule has 1 aliphatic heterocycles. The van der Waals surface area contributed by atoms with Crippen LogP contribution in [0.25, 0.3) is 16.8 Å². The molecule has 4 nitrogen and oxygen atoms in total. The van der Waals surface area contributed by atoms with E-state index in [0.717, 1.165) is 27.8 Å². The third-order valence-corrected chi connectivity index (χ3v) is 4.69. The maximum absolute atomic E-state index is 12.0. The molecule has 0 atom stereocenters.